The molecule has 0 heterocycles. The van der Waals surface area contributed by atoms with Gasteiger partial charge in [-0.25, -0.2) is 4.79 Å². The van der Waals surface area contributed by atoms with E-state index in [1.165, 1.54) is 6.92 Å². The molecule has 1 aromatic carbocycles. The Morgan fingerprint density at radius 3 is 2.48 bits per heavy atom. The molecule has 0 aromatic heterocycles. The lowest BCUT2D eigenvalue weighted by Crippen LogP contribution is -2.28. The van der Waals surface area contributed by atoms with Crippen LogP contribution in [-0.4, -0.2) is 18.0 Å². The minimum Gasteiger partial charge on any atom is -0.459 e. The van der Waals surface area contributed by atoms with Crippen LogP contribution in [0, 0.1) is 11.8 Å². The van der Waals surface area contributed by atoms with Crippen molar-refractivity contribution in [1.29, 1.82) is 0 Å². The Morgan fingerprint density at radius 2 is 1.90 bits per heavy atom. The molecule has 1 fully saturated rings. The van der Waals surface area contributed by atoms with E-state index in [0.29, 0.717) is 17.4 Å². The van der Waals surface area contributed by atoms with E-state index in [9.17, 15) is 9.59 Å². The monoisotopic (exact) mass is 286 g/mol. The van der Waals surface area contributed by atoms with Crippen LogP contribution in [-0.2, 0) is 19.1 Å². The van der Waals surface area contributed by atoms with Crippen molar-refractivity contribution >= 4 is 11.9 Å². The normalized spacial score (nSPS) is 27.4. The molecule has 2 aliphatic rings. The predicted molar refractivity (Wildman–Crippen MR) is 76.2 cm³/mol. The highest BCUT2D eigenvalue weighted by molar-refractivity contribution is 5.80. The molecule has 2 aliphatic carbocycles. The van der Waals surface area contributed by atoms with E-state index in [4.69, 9.17) is 9.47 Å². The molecule has 3 rings (SSSR count). The van der Waals surface area contributed by atoms with Crippen molar-refractivity contribution in [3.8, 4) is 0 Å². The van der Waals surface area contributed by atoms with E-state index >= 15 is 0 Å². The molecule has 2 bridgehead atoms. The van der Waals surface area contributed by atoms with Gasteiger partial charge in [-0.2, -0.15) is 0 Å². The summed E-state index contributed by atoms with van der Waals surface area (Å²) >= 11 is 0. The first kappa shape index (κ1) is 13.9. The average molecular weight is 286 g/mol. The van der Waals surface area contributed by atoms with E-state index in [-0.39, 0.29) is 6.10 Å². The Balaban J connectivity index is 1.72. The number of carbonyl (C=O) groups excluding carboxylic acids is 2. The molecule has 0 unspecified atom stereocenters. The van der Waals surface area contributed by atoms with Crippen LogP contribution in [0.15, 0.2) is 42.5 Å². The summed E-state index contributed by atoms with van der Waals surface area (Å²) in [4.78, 5) is 23.6. The molecule has 4 nitrogen and oxygen atoms in total. The zero-order chi connectivity index (χ0) is 14.8. The largest absolute Gasteiger partial charge is 0.459 e. The summed E-state index contributed by atoms with van der Waals surface area (Å²) in [6, 6.07) is 8.98. The van der Waals surface area contributed by atoms with Crippen LogP contribution in [0.4, 0.5) is 0 Å². The third kappa shape index (κ3) is 2.99. The minimum absolute atomic E-state index is 0.0886. The first-order valence-corrected chi connectivity index (χ1v) is 7.24. The number of rotatable bonds is 4. The maximum absolute atomic E-state index is 12.4. The van der Waals surface area contributed by atoms with E-state index in [1.54, 1.807) is 24.3 Å². The lowest BCUT2D eigenvalue weighted by Gasteiger charge is -2.22. The lowest BCUT2D eigenvalue weighted by atomic mass is 10.0. The van der Waals surface area contributed by atoms with E-state index < -0.39 is 18.0 Å². The Labute approximate surface area is 123 Å². The average Bonchev–Trinajstić information content (AvgIpc) is 3.08. The van der Waals surface area contributed by atoms with Crippen LogP contribution in [0.5, 0.6) is 0 Å². The molecular weight excluding hydrogens is 268 g/mol. The standard InChI is InChI=1S/C17H18O4/c1-11(18)20-16(13-5-3-2-4-6-13)17(19)21-15-10-12-7-8-14(15)9-12/h2-8,12,14-16H,9-10H2,1H3/t12-,14+,15-,16-/m0/s1. The molecule has 4 atom stereocenters. The van der Waals surface area contributed by atoms with Gasteiger partial charge >= 0.3 is 11.9 Å². The van der Waals surface area contributed by atoms with Crippen molar-refractivity contribution in [3.05, 3.63) is 48.0 Å². The van der Waals surface area contributed by atoms with Gasteiger partial charge in [-0.15, -0.1) is 0 Å². The van der Waals surface area contributed by atoms with Crippen molar-refractivity contribution in [2.75, 3.05) is 0 Å². The molecule has 21 heavy (non-hydrogen) atoms. The zero-order valence-corrected chi connectivity index (χ0v) is 11.9. The summed E-state index contributed by atoms with van der Waals surface area (Å²) in [7, 11) is 0. The van der Waals surface area contributed by atoms with Gasteiger partial charge in [0.1, 0.15) is 6.10 Å². The fourth-order valence-corrected chi connectivity index (χ4v) is 3.12. The molecule has 4 heteroatoms. The van der Waals surface area contributed by atoms with Crippen LogP contribution in [0.1, 0.15) is 31.4 Å². The third-order valence-electron chi connectivity index (χ3n) is 4.09. The topological polar surface area (TPSA) is 52.6 Å². The summed E-state index contributed by atoms with van der Waals surface area (Å²) in [5.74, 6) is -0.139. The quantitative estimate of drug-likeness (QED) is 0.631. The highest BCUT2D eigenvalue weighted by Gasteiger charge is 2.39. The van der Waals surface area contributed by atoms with E-state index in [2.05, 4.69) is 12.2 Å². The second-order valence-electron chi connectivity index (χ2n) is 5.66. The van der Waals surface area contributed by atoms with Gasteiger partial charge in [0, 0.05) is 18.4 Å². The van der Waals surface area contributed by atoms with E-state index in [1.807, 2.05) is 6.07 Å². The molecular formula is C17H18O4. The molecule has 0 saturated heterocycles. The maximum atomic E-state index is 12.4. The lowest BCUT2D eigenvalue weighted by molar-refractivity contribution is -0.172. The van der Waals surface area contributed by atoms with Gasteiger partial charge < -0.3 is 9.47 Å². The van der Waals surface area contributed by atoms with Gasteiger partial charge in [-0.3, -0.25) is 4.79 Å². The molecule has 0 radical (unpaired) electrons. The van der Waals surface area contributed by atoms with E-state index in [0.717, 1.165) is 12.8 Å². The van der Waals surface area contributed by atoms with Gasteiger partial charge in [-0.1, -0.05) is 42.5 Å². The number of ether oxygens (including phenoxy) is 2. The highest BCUT2D eigenvalue weighted by atomic mass is 16.6. The van der Waals surface area contributed by atoms with Crippen molar-refractivity contribution < 1.29 is 19.1 Å². The first-order chi connectivity index (χ1) is 10.1. The van der Waals surface area contributed by atoms with Crippen LogP contribution in [0.25, 0.3) is 0 Å². The molecule has 0 amide bonds. The third-order valence-corrected chi connectivity index (χ3v) is 4.09. The van der Waals surface area contributed by atoms with Gasteiger partial charge in [0.25, 0.3) is 0 Å². The predicted octanol–water partition coefficient (Wildman–Crippen LogP) is 2.80. The molecule has 0 spiro atoms. The summed E-state index contributed by atoms with van der Waals surface area (Å²) in [6.07, 6.45) is 5.17. The number of esters is 2. The summed E-state index contributed by atoms with van der Waals surface area (Å²) < 4.78 is 10.8. The fourth-order valence-electron chi connectivity index (χ4n) is 3.12. The number of fused-ring (bicyclic) bond motifs is 2. The second-order valence-corrected chi connectivity index (χ2v) is 5.66. The number of allylic oxidation sites excluding steroid dienone is 1. The molecule has 0 N–H and O–H groups in total. The van der Waals surface area contributed by atoms with Crippen LogP contribution < -0.4 is 0 Å². The SMILES string of the molecule is CC(=O)O[C@H](C(=O)O[C@H]1C[C@H]2C=C[C@@H]1C2)c1ccccc1. The van der Waals surface area contributed by atoms with Crippen LogP contribution >= 0.6 is 0 Å². The van der Waals surface area contributed by atoms with Crippen molar-refractivity contribution in [2.45, 2.75) is 32.0 Å². The number of hydrogen-bond donors (Lipinski definition) is 0. The van der Waals surface area contributed by atoms with Crippen molar-refractivity contribution in [1.82, 2.24) is 0 Å². The van der Waals surface area contributed by atoms with Crippen LogP contribution in [0.2, 0.25) is 0 Å². The molecule has 1 saturated carbocycles. The fraction of sp³-hybridized carbons (Fsp3) is 0.412. The second kappa shape index (κ2) is 5.72. The Kier molecular flexibility index (Phi) is 3.78. The maximum Gasteiger partial charge on any atom is 0.352 e. The van der Waals surface area contributed by atoms with Gasteiger partial charge in [0.2, 0.25) is 6.10 Å². The highest BCUT2D eigenvalue weighted by Crippen LogP contribution is 2.41. The first-order valence-electron chi connectivity index (χ1n) is 7.24. The molecule has 0 aliphatic heterocycles. The van der Waals surface area contributed by atoms with Crippen LogP contribution in [0.3, 0.4) is 0 Å². The molecule has 110 valence electrons. The molecule has 1 aromatic rings. The Hall–Kier alpha value is -2.10. The Bertz CT molecular complexity index is 563. The summed E-state index contributed by atoms with van der Waals surface area (Å²) in [5.41, 5.74) is 0.636. The Morgan fingerprint density at radius 1 is 1.14 bits per heavy atom. The van der Waals surface area contributed by atoms with Crippen molar-refractivity contribution in [2.24, 2.45) is 11.8 Å². The smallest absolute Gasteiger partial charge is 0.352 e. The number of carbonyl (C=O) groups is 2. The summed E-state index contributed by atoms with van der Waals surface area (Å²) in [6.45, 7) is 1.30. The van der Waals surface area contributed by atoms with Gasteiger partial charge in [0.05, 0.1) is 0 Å². The van der Waals surface area contributed by atoms with Crippen molar-refractivity contribution in [3.63, 3.8) is 0 Å². The number of benzene rings is 1. The number of hydrogen-bond acceptors (Lipinski definition) is 4. The zero-order valence-electron chi connectivity index (χ0n) is 11.9. The summed E-state index contributed by atoms with van der Waals surface area (Å²) in [5, 5.41) is 0. The van der Waals surface area contributed by atoms with Gasteiger partial charge in [-0.05, 0) is 18.8 Å². The van der Waals surface area contributed by atoms with Gasteiger partial charge in [0.15, 0.2) is 0 Å². The minimum atomic E-state index is -0.980.